The van der Waals surface area contributed by atoms with Crippen molar-refractivity contribution in [3.8, 4) is 17.2 Å². The van der Waals surface area contributed by atoms with Crippen molar-refractivity contribution < 1.29 is 28.6 Å². The van der Waals surface area contributed by atoms with Crippen LogP contribution in [-0.2, 0) is 0 Å². The van der Waals surface area contributed by atoms with Crippen LogP contribution >= 0.6 is 0 Å². The molecule has 0 saturated carbocycles. The molecule has 0 aliphatic rings. The number of carbonyl (C=O) groups is 3. The van der Waals surface area contributed by atoms with E-state index >= 15 is 0 Å². The predicted octanol–water partition coefficient (Wildman–Crippen LogP) is 20.6. The molecular formula is C73H121N3O6. The van der Waals surface area contributed by atoms with Gasteiger partial charge >= 0.3 is 0 Å². The lowest BCUT2D eigenvalue weighted by Crippen LogP contribution is -2.42. The Morgan fingerprint density at radius 2 is 0.500 bits per heavy atom. The molecule has 0 radical (unpaired) electrons. The third kappa shape index (κ3) is 38.3. The van der Waals surface area contributed by atoms with Crippen LogP contribution in [-0.4, -0.2) is 68.6 Å². The molecule has 0 heterocycles. The molecule has 0 aliphatic carbocycles. The molecule has 464 valence electrons. The number of unbranched alkanes of at least 4 members (excludes halogenated alkanes) is 39. The maximum Gasteiger partial charge on any atom is 0.253 e. The fourth-order valence-corrected chi connectivity index (χ4v) is 10.9. The molecule has 9 heteroatoms. The van der Waals surface area contributed by atoms with Crippen LogP contribution in [0, 0.1) is 0 Å². The summed E-state index contributed by atoms with van der Waals surface area (Å²) < 4.78 is 18.1. The first-order chi connectivity index (χ1) is 40.4. The molecule has 0 saturated heterocycles. The molecule has 3 amide bonds. The third-order valence-corrected chi connectivity index (χ3v) is 16.3. The molecule has 2 N–H and O–H groups in total. The highest BCUT2D eigenvalue weighted by Gasteiger charge is 2.18. The maximum atomic E-state index is 14.1. The first-order valence-electron chi connectivity index (χ1n) is 34.5. The quantitative estimate of drug-likeness (QED) is 0.0546. The summed E-state index contributed by atoms with van der Waals surface area (Å²) in [7, 11) is 0. The Balaban J connectivity index is 1.39. The highest BCUT2D eigenvalue weighted by molar-refractivity contribution is 5.96. The summed E-state index contributed by atoms with van der Waals surface area (Å²) in [6, 6.07) is 21.9. The number of carbonyl (C=O) groups excluding carboxylic acids is 3. The largest absolute Gasteiger partial charge is 0.494 e. The summed E-state index contributed by atoms with van der Waals surface area (Å²) in [6.07, 6.45) is 55.5. The molecule has 0 aromatic heterocycles. The van der Waals surface area contributed by atoms with Gasteiger partial charge in [0.05, 0.1) is 19.8 Å². The Morgan fingerprint density at radius 1 is 0.293 bits per heavy atom. The summed E-state index contributed by atoms with van der Waals surface area (Å²) in [5.41, 5.74) is 1.59. The van der Waals surface area contributed by atoms with Crippen molar-refractivity contribution in [2.45, 2.75) is 290 Å². The average molecular weight is 1140 g/mol. The number of rotatable bonds is 57. The Kier molecular flexibility index (Phi) is 45.5. The molecule has 0 spiro atoms. The van der Waals surface area contributed by atoms with Gasteiger partial charge in [0, 0.05) is 42.9 Å². The number of hydrogen-bond acceptors (Lipinski definition) is 6. The first kappa shape index (κ1) is 71.7. The number of hydrogen-bond donors (Lipinski definition) is 2. The molecule has 0 unspecified atom stereocenters. The number of benzene rings is 3. The summed E-state index contributed by atoms with van der Waals surface area (Å²) in [5, 5.41) is 6.01. The molecule has 0 fully saturated rings. The minimum atomic E-state index is -0.216. The lowest BCUT2D eigenvalue weighted by molar-refractivity contribution is 0.0742. The molecule has 3 aromatic carbocycles. The molecule has 3 rings (SSSR count). The van der Waals surface area contributed by atoms with E-state index in [2.05, 4.69) is 31.4 Å². The average Bonchev–Trinajstić information content (AvgIpc) is 3.61. The van der Waals surface area contributed by atoms with E-state index < -0.39 is 0 Å². The van der Waals surface area contributed by atoms with Crippen molar-refractivity contribution in [3.05, 3.63) is 89.5 Å². The minimum Gasteiger partial charge on any atom is -0.494 e. The van der Waals surface area contributed by atoms with Crippen LogP contribution in [0.4, 0.5) is 0 Å². The van der Waals surface area contributed by atoms with Crippen LogP contribution in [0.2, 0.25) is 0 Å². The third-order valence-electron chi connectivity index (χ3n) is 16.3. The highest BCUT2D eigenvalue weighted by atomic mass is 16.5. The van der Waals surface area contributed by atoms with Crippen molar-refractivity contribution in [1.29, 1.82) is 0 Å². The van der Waals surface area contributed by atoms with Crippen molar-refractivity contribution in [2.75, 3.05) is 46.0 Å². The van der Waals surface area contributed by atoms with E-state index in [4.69, 9.17) is 14.2 Å². The maximum absolute atomic E-state index is 14.1. The Labute approximate surface area is 502 Å². The fourth-order valence-electron chi connectivity index (χ4n) is 10.9. The molecule has 3 aromatic rings. The number of nitrogens with zero attached hydrogens (tertiary/aromatic N) is 1. The second-order valence-electron chi connectivity index (χ2n) is 23.7. The van der Waals surface area contributed by atoms with Gasteiger partial charge in [-0.15, -0.1) is 0 Å². The van der Waals surface area contributed by atoms with Crippen LogP contribution in [0.25, 0.3) is 0 Å². The SMILES string of the molecule is CCCCCCCCCCCCCCCCOc1ccc(C(=O)NCCN(CCNC(=O)c2ccc(OCCCCCCCCCCCCCCCC)cc2)C(=O)c2ccc(OCCCCCCCCCCCCCCCC)cc2)cc1. The van der Waals surface area contributed by atoms with E-state index in [0.29, 0.717) is 36.5 Å². The second-order valence-corrected chi connectivity index (χ2v) is 23.7. The number of ether oxygens (including phenoxy) is 3. The van der Waals surface area contributed by atoms with Crippen molar-refractivity contribution >= 4 is 17.7 Å². The standard InChI is InChI=1S/C73H121N3O6/c1-4-7-10-13-16-19-22-25-28-31-34-37-40-43-62-80-68-52-46-65(47-53-68)71(77)74-58-60-76(73(79)67-50-56-70(57-51-67)82-64-45-42-39-36-33-30-27-24-21-18-15-12-9-6-3)61-59-75-72(78)66-48-54-69(55-49-66)81-63-44-41-38-35-32-29-26-23-20-17-14-11-8-5-2/h46-57H,4-45,58-64H2,1-3H3,(H,74,77)(H,75,78). The van der Waals surface area contributed by atoms with Gasteiger partial charge in [0.2, 0.25) is 0 Å². The zero-order valence-electron chi connectivity index (χ0n) is 53.0. The summed E-state index contributed by atoms with van der Waals surface area (Å²) in [6.45, 7) is 9.86. The van der Waals surface area contributed by atoms with Gasteiger partial charge in [-0.05, 0) is 92.1 Å². The second kappa shape index (κ2) is 52.1. The van der Waals surface area contributed by atoms with E-state index in [1.165, 1.54) is 244 Å². The van der Waals surface area contributed by atoms with Crippen LogP contribution in [0.1, 0.15) is 322 Å². The molecule has 9 nitrogen and oxygen atoms in total. The molecule has 82 heavy (non-hydrogen) atoms. The van der Waals surface area contributed by atoms with E-state index in [-0.39, 0.29) is 43.9 Å². The van der Waals surface area contributed by atoms with E-state index in [9.17, 15) is 14.4 Å². The van der Waals surface area contributed by atoms with Gasteiger partial charge in [0.15, 0.2) is 0 Å². The van der Waals surface area contributed by atoms with Gasteiger partial charge in [-0.25, -0.2) is 0 Å². The van der Waals surface area contributed by atoms with Gasteiger partial charge in [0.1, 0.15) is 17.2 Å². The Bertz CT molecular complexity index is 1840. The zero-order valence-corrected chi connectivity index (χ0v) is 53.0. The van der Waals surface area contributed by atoms with Crippen LogP contribution in [0.3, 0.4) is 0 Å². The molecule has 0 atom stereocenters. The normalized spacial score (nSPS) is 11.2. The van der Waals surface area contributed by atoms with Gasteiger partial charge < -0.3 is 29.7 Å². The van der Waals surface area contributed by atoms with Crippen LogP contribution in [0.5, 0.6) is 17.2 Å². The monoisotopic (exact) mass is 1140 g/mol. The van der Waals surface area contributed by atoms with Crippen molar-refractivity contribution in [3.63, 3.8) is 0 Å². The van der Waals surface area contributed by atoms with Gasteiger partial charge in [-0.1, -0.05) is 271 Å². The van der Waals surface area contributed by atoms with E-state index in [1.54, 1.807) is 41.3 Å². The lowest BCUT2D eigenvalue weighted by atomic mass is 10.0. The van der Waals surface area contributed by atoms with Crippen LogP contribution in [0.15, 0.2) is 72.8 Å². The van der Waals surface area contributed by atoms with Gasteiger partial charge in [-0.3, -0.25) is 14.4 Å². The summed E-state index contributed by atoms with van der Waals surface area (Å²) >= 11 is 0. The lowest BCUT2D eigenvalue weighted by Gasteiger charge is -2.23. The summed E-state index contributed by atoms with van der Waals surface area (Å²) in [5.74, 6) is 1.66. The number of nitrogens with one attached hydrogen (secondary N) is 2. The van der Waals surface area contributed by atoms with Crippen molar-refractivity contribution in [2.24, 2.45) is 0 Å². The van der Waals surface area contributed by atoms with Gasteiger partial charge in [0.25, 0.3) is 17.7 Å². The first-order valence-corrected chi connectivity index (χ1v) is 34.5. The van der Waals surface area contributed by atoms with E-state index in [0.717, 1.165) is 42.9 Å². The Hall–Kier alpha value is -4.53. The zero-order chi connectivity index (χ0) is 58.4. The minimum absolute atomic E-state index is 0.178. The fraction of sp³-hybridized carbons (Fsp3) is 0.712. The summed E-state index contributed by atoms with van der Waals surface area (Å²) in [4.78, 5) is 42.4. The highest BCUT2D eigenvalue weighted by Crippen LogP contribution is 2.20. The molecular weight excluding hydrogens is 1010 g/mol. The van der Waals surface area contributed by atoms with Crippen LogP contribution < -0.4 is 24.8 Å². The Morgan fingerprint density at radius 3 is 0.732 bits per heavy atom. The molecule has 0 bridgehead atoms. The topological polar surface area (TPSA) is 106 Å². The molecule has 0 aliphatic heterocycles. The smallest absolute Gasteiger partial charge is 0.253 e. The van der Waals surface area contributed by atoms with Crippen molar-refractivity contribution in [1.82, 2.24) is 15.5 Å². The number of amides is 3. The van der Waals surface area contributed by atoms with E-state index in [1.807, 2.05) is 36.4 Å². The predicted molar refractivity (Wildman–Crippen MR) is 347 cm³/mol. The van der Waals surface area contributed by atoms with Gasteiger partial charge in [-0.2, -0.15) is 0 Å².